The van der Waals surface area contributed by atoms with Gasteiger partial charge in [-0.15, -0.1) is 0 Å². The van der Waals surface area contributed by atoms with E-state index in [4.69, 9.17) is 0 Å². The molecule has 0 N–H and O–H groups in total. The highest BCUT2D eigenvalue weighted by molar-refractivity contribution is 7.92. The molecule has 0 bridgehead atoms. The van der Waals surface area contributed by atoms with Crippen molar-refractivity contribution >= 4 is 16.2 Å². The molecule has 0 saturated carbocycles. The Labute approximate surface area is 72.5 Å². The molecule has 1 rings (SSSR count). The lowest BCUT2D eigenvalue weighted by atomic mass is 10.2. The van der Waals surface area contributed by atoms with Crippen molar-refractivity contribution in [1.29, 1.82) is 0 Å². The van der Waals surface area contributed by atoms with Crippen LogP contribution in [0.5, 0.6) is 0 Å². The van der Waals surface area contributed by atoms with Crippen molar-refractivity contribution < 1.29 is 13.2 Å². The van der Waals surface area contributed by atoms with Gasteiger partial charge in [0.05, 0.1) is 10.5 Å². The van der Waals surface area contributed by atoms with E-state index >= 15 is 0 Å². The van der Waals surface area contributed by atoms with Crippen LogP contribution in [0, 0.1) is 0 Å². The van der Waals surface area contributed by atoms with Gasteiger partial charge in [-0.3, -0.25) is 4.79 Å². The summed E-state index contributed by atoms with van der Waals surface area (Å²) in [6.45, 7) is 3.93. The second kappa shape index (κ2) is 2.73. The number of hydrogen-bond donors (Lipinski definition) is 0. The first kappa shape index (κ1) is 9.51. The van der Waals surface area contributed by atoms with Crippen molar-refractivity contribution in [1.82, 2.24) is 4.90 Å². The molecule has 0 aromatic rings. The topological polar surface area (TPSA) is 54.5 Å². The first-order valence-corrected chi connectivity index (χ1v) is 5.46. The Morgan fingerprint density at radius 1 is 1.42 bits per heavy atom. The van der Waals surface area contributed by atoms with E-state index in [0.717, 1.165) is 0 Å². The van der Waals surface area contributed by atoms with Gasteiger partial charge < -0.3 is 4.90 Å². The van der Waals surface area contributed by atoms with Gasteiger partial charge in [0.15, 0.2) is 9.84 Å². The van der Waals surface area contributed by atoms with Crippen molar-refractivity contribution in [2.24, 2.45) is 0 Å². The molecule has 1 aliphatic heterocycles. The Kier molecular flexibility index (Phi) is 2.16. The molecule has 0 spiro atoms. The molecule has 0 radical (unpaired) electrons. The average Bonchev–Trinajstić information content (AvgIpc) is 1.95. The van der Waals surface area contributed by atoms with Crippen molar-refractivity contribution in [3.8, 4) is 0 Å². The van der Waals surface area contributed by atoms with E-state index in [-0.39, 0.29) is 5.75 Å². The number of carbonyl (C=O) groups excluding carboxylic acids is 1. The van der Waals surface area contributed by atoms with Gasteiger partial charge in [-0.2, -0.15) is 0 Å². The zero-order valence-corrected chi connectivity index (χ0v) is 8.10. The second-order valence-corrected chi connectivity index (χ2v) is 6.40. The fourth-order valence-electron chi connectivity index (χ4n) is 1.27. The molecule has 1 saturated heterocycles. The highest BCUT2D eigenvalue weighted by Crippen LogP contribution is 2.22. The highest BCUT2D eigenvalue weighted by Gasteiger charge is 2.39. The smallest absolute Gasteiger partial charge is 0.209 e. The lowest BCUT2D eigenvalue weighted by Gasteiger charge is -2.35. The summed E-state index contributed by atoms with van der Waals surface area (Å²) in [7, 11) is -3.00. The predicted octanol–water partition coefficient (Wildman–Crippen LogP) is -0.348. The minimum absolute atomic E-state index is 0.0821. The maximum atomic E-state index is 11.4. The molecule has 0 aromatic heterocycles. The SMILES string of the molecule is CC1(C)CN(C=O)CCS1(=O)=O. The van der Waals surface area contributed by atoms with E-state index in [0.29, 0.717) is 19.5 Å². The maximum absolute atomic E-state index is 11.4. The first-order chi connectivity index (χ1) is 5.39. The molecule has 4 nitrogen and oxygen atoms in total. The lowest BCUT2D eigenvalue weighted by molar-refractivity contribution is -0.118. The molecule has 5 heteroatoms. The monoisotopic (exact) mass is 191 g/mol. The summed E-state index contributed by atoms with van der Waals surface area (Å²) in [4.78, 5) is 11.9. The molecule has 1 fully saturated rings. The van der Waals surface area contributed by atoms with Crippen LogP contribution in [-0.2, 0) is 14.6 Å². The van der Waals surface area contributed by atoms with Gasteiger partial charge in [-0.05, 0) is 13.8 Å². The number of nitrogens with zero attached hydrogens (tertiary/aromatic N) is 1. The largest absolute Gasteiger partial charge is 0.343 e. The van der Waals surface area contributed by atoms with Crippen LogP contribution < -0.4 is 0 Å². The fraction of sp³-hybridized carbons (Fsp3) is 0.857. The average molecular weight is 191 g/mol. The van der Waals surface area contributed by atoms with E-state index in [1.165, 1.54) is 4.90 Å². The number of sulfone groups is 1. The molecule has 0 atom stereocenters. The van der Waals surface area contributed by atoms with E-state index in [9.17, 15) is 13.2 Å². The van der Waals surface area contributed by atoms with Gasteiger partial charge in [0.25, 0.3) is 0 Å². The van der Waals surface area contributed by atoms with Gasteiger partial charge in [0, 0.05) is 13.1 Å². The van der Waals surface area contributed by atoms with E-state index in [1.54, 1.807) is 13.8 Å². The molecule has 12 heavy (non-hydrogen) atoms. The standard InChI is InChI=1S/C7H13NO3S/c1-7(2)5-8(6-9)3-4-12(7,10)11/h6H,3-5H2,1-2H3. The zero-order valence-electron chi connectivity index (χ0n) is 7.28. The Hall–Kier alpha value is -0.580. The normalized spacial score (nSPS) is 26.7. The Morgan fingerprint density at radius 3 is 2.42 bits per heavy atom. The van der Waals surface area contributed by atoms with Crippen molar-refractivity contribution in [2.45, 2.75) is 18.6 Å². The first-order valence-electron chi connectivity index (χ1n) is 3.81. The molecule has 1 heterocycles. The zero-order chi connectivity index (χ0) is 9.41. The second-order valence-electron chi connectivity index (χ2n) is 3.65. The number of rotatable bonds is 1. The van der Waals surface area contributed by atoms with Crippen LogP contribution in [-0.4, -0.2) is 43.3 Å². The summed E-state index contributed by atoms with van der Waals surface area (Å²) in [5.41, 5.74) is 0. The van der Waals surface area contributed by atoms with Gasteiger partial charge in [-0.1, -0.05) is 0 Å². The number of hydrogen-bond acceptors (Lipinski definition) is 3. The summed E-state index contributed by atoms with van der Waals surface area (Å²) in [6, 6.07) is 0. The minimum atomic E-state index is -3.00. The highest BCUT2D eigenvalue weighted by atomic mass is 32.2. The Balaban J connectivity index is 2.89. The molecule has 0 aromatic carbocycles. The van der Waals surface area contributed by atoms with Crippen LogP contribution >= 0.6 is 0 Å². The van der Waals surface area contributed by atoms with Crippen molar-refractivity contribution in [3.63, 3.8) is 0 Å². The molecule has 0 aliphatic carbocycles. The van der Waals surface area contributed by atoms with Crippen LogP contribution in [0.2, 0.25) is 0 Å². The third-order valence-corrected chi connectivity index (χ3v) is 4.76. The van der Waals surface area contributed by atoms with Crippen LogP contribution in [0.4, 0.5) is 0 Å². The van der Waals surface area contributed by atoms with E-state index < -0.39 is 14.6 Å². The maximum Gasteiger partial charge on any atom is 0.209 e. The predicted molar refractivity (Wildman–Crippen MR) is 45.5 cm³/mol. The van der Waals surface area contributed by atoms with Crippen molar-refractivity contribution in [3.05, 3.63) is 0 Å². The third kappa shape index (κ3) is 1.46. The summed E-state index contributed by atoms with van der Waals surface area (Å²) in [6.07, 6.45) is 0.705. The molecular weight excluding hydrogens is 178 g/mol. The number of carbonyl (C=O) groups is 1. The summed E-state index contributed by atoms with van der Waals surface area (Å²) < 4.78 is 22.1. The quantitative estimate of drug-likeness (QED) is 0.532. The molecule has 1 aliphatic rings. The molecular formula is C7H13NO3S. The van der Waals surface area contributed by atoms with Crippen LogP contribution in [0.25, 0.3) is 0 Å². The van der Waals surface area contributed by atoms with E-state index in [2.05, 4.69) is 0 Å². The lowest BCUT2D eigenvalue weighted by Crippen LogP contribution is -2.52. The summed E-state index contributed by atoms with van der Waals surface area (Å²) in [5, 5.41) is 0. The number of amides is 1. The molecule has 0 unspecified atom stereocenters. The van der Waals surface area contributed by atoms with Crippen LogP contribution in [0.15, 0.2) is 0 Å². The molecule has 70 valence electrons. The fourth-order valence-corrected chi connectivity index (χ4v) is 2.66. The van der Waals surface area contributed by atoms with Gasteiger partial charge >= 0.3 is 0 Å². The van der Waals surface area contributed by atoms with Gasteiger partial charge in [0.1, 0.15) is 0 Å². The van der Waals surface area contributed by atoms with Crippen LogP contribution in [0.3, 0.4) is 0 Å². The van der Waals surface area contributed by atoms with Crippen LogP contribution in [0.1, 0.15) is 13.8 Å². The summed E-state index contributed by atoms with van der Waals surface area (Å²) >= 11 is 0. The van der Waals surface area contributed by atoms with Gasteiger partial charge in [-0.25, -0.2) is 8.42 Å². The Morgan fingerprint density at radius 2 is 2.00 bits per heavy atom. The summed E-state index contributed by atoms with van der Waals surface area (Å²) in [5.74, 6) is 0.0821. The molecule has 1 amide bonds. The Bertz CT molecular complexity index is 281. The van der Waals surface area contributed by atoms with Gasteiger partial charge in [0.2, 0.25) is 6.41 Å². The van der Waals surface area contributed by atoms with E-state index in [1.807, 2.05) is 0 Å². The van der Waals surface area contributed by atoms with Crippen molar-refractivity contribution in [2.75, 3.05) is 18.8 Å². The third-order valence-electron chi connectivity index (χ3n) is 2.22. The minimum Gasteiger partial charge on any atom is -0.343 e.